The van der Waals surface area contributed by atoms with Gasteiger partial charge in [0.15, 0.2) is 0 Å². The Morgan fingerprint density at radius 1 is 1.48 bits per heavy atom. The van der Waals surface area contributed by atoms with Crippen LogP contribution in [-0.4, -0.2) is 4.92 Å². The Labute approximate surface area is 133 Å². The topological polar surface area (TPSA) is 132 Å². The lowest BCUT2D eigenvalue weighted by Gasteiger charge is -2.23. The van der Waals surface area contributed by atoms with Crippen molar-refractivity contribution in [2.45, 2.75) is 12.8 Å². The smallest absolute Gasteiger partial charge is 0.343 e. The van der Waals surface area contributed by atoms with E-state index in [0.29, 0.717) is 10.6 Å². The number of nitro groups is 1. The minimum atomic E-state index is -0.848. The van der Waals surface area contributed by atoms with Crippen molar-refractivity contribution in [3.8, 4) is 11.8 Å². The molecule has 0 radical (unpaired) electrons. The summed E-state index contributed by atoms with van der Waals surface area (Å²) in [5.74, 6) is -0.459. The molecule has 1 atom stereocenters. The fourth-order valence-electron chi connectivity index (χ4n) is 2.40. The van der Waals surface area contributed by atoms with E-state index in [-0.39, 0.29) is 27.8 Å². The van der Waals surface area contributed by atoms with Gasteiger partial charge >= 0.3 is 10.6 Å². The number of hydrogen-bond donors (Lipinski definition) is 1. The van der Waals surface area contributed by atoms with Gasteiger partial charge in [0.05, 0.1) is 16.4 Å². The standard InChI is InChI=1S/C14H9N3O5S/c1-6-4-8-12(14(18)21-6)11(7(5-15)13(16)22-8)9-2-3-10(23-9)17(19)20/h2-4,11H,16H2,1H3/t11-/m1/s1. The number of ether oxygens (including phenoxy) is 1. The molecule has 8 nitrogen and oxygen atoms in total. The second-order valence-electron chi connectivity index (χ2n) is 4.78. The van der Waals surface area contributed by atoms with Gasteiger partial charge in [0.2, 0.25) is 5.88 Å². The van der Waals surface area contributed by atoms with Gasteiger partial charge in [0, 0.05) is 17.0 Å². The summed E-state index contributed by atoms with van der Waals surface area (Å²) in [5, 5.41) is 20.1. The van der Waals surface area contributed by atoms with Crippen LogP contribution in [0.5, 0.6) is 5.75 Å². The normalized spacial score (nSPS) is 16.4. The van der Waals surface area contributed by atoms with Crippen LogP contribution in [0.1, 0.15) is 22.1 Å². The zero-order valence-corrected chi connectivity index (χ0v) is 12.5. The molecule has 2 aromatic rings. The van der Waals surface area contributed by atoms with Gasteiger partial charge in [-0.25, -0.2) is 4.79 Å². The number of fused-ring (bicyclic) bond motifs is 1. The molecule has 1 aliphatic heterocycles. The summed E-state index contributed by atoms with van der Waals surface area (Å²) in [4.78, 5) is 23.0. The second kappa shape index (κ2) is 5.26. The number of nitrogens with zero attached hydrogens (tertiary/aromatic N) is 2. The molecule has 0 aliphatic carbocycles. The molecule has 3 heterocycles. The van der Waals surface area contributed by atoms with E-state index >= 15 is 0 Å². The fourth-order valence-corrected chi connectivity index (χ4v) is 3.34. The highest BCUT2D eigenvalue weighted by Gasteiger charge is 2.35. The van der Waals surface area contributed by atoms with Gasteiger partial charge in [-0.3, -0.25) is 10.1 Å². The monoisotopic (exact) mass is 331 g/mol. The van der Waals surface area contributed by atoms with Gasteiger partial charge in [-0.05, 0) is 13.0 Å². The first-order chi connectivity index (χ1) is 10.9. The van der Waals surface area contributed by atoms with E-state index in [1.165, 1.54) is 18.2 Å². The number of hydrogen-bond acceptors (Lipinski definition) is 8. The van der Waals surface area contributed by atoms with E-state index in [0.717, 1.165) is 11.3 Å². The highest BCUT2D eigenvalue weighted by atomic mass is 32.1. The molecule has 1 aliphatic rings. The second-order valence-corrected chi connectivity index (χ2v) is 5.87. The van der Waals surface area contributed by atoms with Crippen LogP contribution in [0.15, 0.2) is 38.9 Å². The lowest BCUT2D eigenvalue weighted by Crippen LogP contribution is -2.25. The van der Waals surface area contributed by atoms with Crippen molar-refractivity contribution >= 4 is 16.3 Å². The average Bonchev–Trinajstić information content (AvgIpc) is 2.95. The van der Waals surface area contributed by atoms with Crippen LogP contribution < -0.4 is 16.1 Å². The zero-order chi connectivity index (χ0) is 16.7. The van der Waals surface area contributed by atoms with Gasteiger partial charge < -0.3 is 14.9 Å². The summed E-state index contributed by atoms with van der Waals surface area (Å²) < 4.78 is 10.4. The molecule has 0 fully saturated rings. The molecular weight excluding hydrogens is 322 g/mol. The van der Waals surface area contributed by atoms with Crippen LogP contribution in [0.4, 0.5) is 5.00 Å². The van der Waals surface area contributed by atoms with Crippen molar-refractivity contribution in [3.63, 3.8) is 0 Å². The third kappa shape index (κ3) is 2.35. The predicted octanol–water partition coefficient (Wildman–Crippen LogP) is 2.14. The Balaban J connectivity index is 2.27. The summed E-state index contributed by atoms with van der Waals surface area (Å²) in [6.07, 6.45) is 0. The van der Waals surface area contributed by atoms with Crippen LogP contribution in [-0.2, 0) is 0 Å². The van der Waals surface area contributed by atoms with Crippen molar-refractivity contribution in [2.75, 3.05) is 0 Å². The maximum atomic E-state index is 12.2. The minimum Gasteiger partial charge on any atom is -0.440 e. The quantitative estimate of drug-likeness (QED) is 0.658. The summed E-state index contributed by atoms with van der Waals surface area (Å²) in [6, 6.07) is 6.21. The molecule has 0 aromatic carbocycles. The first-order valence-electron chi connectivity index (χ1n) is 6.38. The third-order valence-electron chi connectivity index (χ3n) is 3.33. The molecule has 23 heavy (non-hydrogen) atoms. The van der Waals surface area contributed by atoms with Gasteiger partial charge in [0.1, 0.15) is 23.2 Å². The largest absolute Gasteiger partial charge is 0.440 e. The molecule has 0 unspecified atom stereocenters. The predicted molar refractivity (Wildman–Crippen MR) is 80.0 cm³/mol. The van der Waals surface area contributed by atoms with E-state index in [1.807, 2.05) is 6.07 Å². The van der Waals surface area contributed by atoms with E-state index < -0.39 is 16.5 Å². The fraction of sp³-hybridized carbons (Fsp3) is 0.143. The Kier molecular flexibility index (Phi) is 3.38. The lowest BCUT2D eigenvalue weighted by molar-refractivity contribution is -0.380. The highest BCUT2D eigenvalue weighted by molar-refractivity contribution is 7.15. The SMILES string of the molecule is Cc1cc2c(c(=O)o1)[C@@H](c1ccc([N+](=O)[O-])s1)C(C#N)=C(N)O2. The van der Waals surface area contributed by atoms with E-state index in [4.69, 9.17) is 14.9 Å². The van der Waals surface area contributed by atoms with E-state index in [1.54, 1.807) is 6.92 Å². The summed E-state index contributed by atoms with van der Waals surface area (Å²) >= 11 is 0.869. The molecule has 0 saturated carbocycles. The number of aryl methyl sites for hydroxylation is 1. The highest BCUT2D eigenvalue weighted by Crippen LogP contribution is 2.43. The van der Waals surface area contributed by atoms with Crippen molar-refractivity contribution < 1.29 is 14.1 Å². The van der Waals surface area contributed by atoms with Gasteiger partial charge in [-0.15, -0.1) is 0 Å². The first kappa shape index (κ1) is 14.8. The minimum absolute atomic E-state index is 0.0189. The third-order valence-corrected chi connectivity index (χ3v) is 4.44. The first-order valence-corrected chi connectivity index (χ1v) is 7.20. The summed E-state index contributed by atoms with van der Waals surface area (Å²) in [6.45, 7) is 1.58. The van der Waals surface area contributed by atoms with E-state index in [9.17, 15) is 20.2 Å². The molecular formula is C14H9N3O5S. The maximum Gasteiger partial charge on any atom is 0.343 e. The van der Waals surface area contributed by atoms with E-state index in [2.05, 4.69) is 0 Å². The summed E-state index contributed by atoms with van der Waals surface area (Å²) in [7, 11) is 0. The molecule has 9 heteroatoms. The number of thiophene rings is 1. The number of nitriles is 1. The Bertz CT molecular complexity index is 950. The number of allylic oxidation sites excluding steroid dienone is 1. The Morgan fingerprint density at radius 2 is 2.22 bits per heavy atom. The molecule has 0 bridgehead atoms. The van der Waals surface area contributed by atoms with Gasteiger partial charge in [0.25, 0.3) is 0 Å². The Morgan fingerprint density at radius 3 is 2.83 bits per heavy atom. The molecule has 2 N–H and O–H groups in total. The average molecular weight is 331 g/mol. The molecule has 116 valence electrons. The zero-order valence-electron chi connectivity index (χ0n) is 11.7. The number of nitrogens with two attached hydrogens (primary N) is 1. The van der Waals surface area contributed by atoms with Crippen LogP contribution in [0.25, 0.3) is 0 Å². The number of rotatable bonds is 2. The van der Waals surface area contributed by atoms with Gasteiger partial charge in [-0.1, -0.05) is 11.3 Å². The van der Waals surface area contributed by atoms with Crippen LogP contribution in [0, 0.1) is 28.4 Å². The van der Waals surface area contributed by atoms with Crippen molar-refractivity contribution in [2.24, 2.45) is 5.73 Å². The Hall–Kier alpha value is -3.12. The van der Waals surface area contributed by atoms with Crippen LogP contribution >= 0.6 is 11.3 Å². The molecule has 3 rings (SSSR count). The molecule has 2 aromatic heterocycles. The van der Waals surface area contributed by atoms with Crippen molar-refractivity contribution in [1.29, 1.82) is 5.26 Å². The van der Waals surface area contributed by atoms with Crippen molar-refractivity contribution in [1.82, 2.24) is 0 Å². The molecule has 0 amide bonds. The summed E-state index contributed by atoms with van der Waals surface area (Å²) in [5.41, 5.74) is 5.23. The lowest BCUT2D eigenvalue weighted by atomic mass is 9.89. The maximum absolute atomic E-state index is 12.2. The van der Waals surface area contributed by atoms with Crippen molar-refractivity contribution in [3.05, 3.63) is 66.4 Å². The molecule has 0 spiro atoms. The van der Waals surface area contributed by atoms with Crippen LogP contribution in [0.2, 0.25) is 0 Å². The van der Waals surface area contributed by atoms with Gasteiger partial charge in [-0.2, -0.15) is 5.26 Å². The van der Waals surface area contributed by atoms with Crippen LogP contribution in [0.3, 0.4) is 0 Å². The molecule has 0 saturated heterocycles.